The van der Waals surface area contributed by atoms with Crippen molar-refractivity contribution >= 4 is 54.6 Å². The molecule has 2 N–H and O–H groups in total. The molecule has 62 heavy (non-hydrogen) atoms. The number of hydrogen-bond acceptors (Lipinski definition) is 12. The minimum atomic E-state index is -4.63. The molecule has 18 heteroatoms. The van der Waals surface area contributed by atoms with Crippen molar-refractivity contribution in [1.82, 2.24) is 9.80 Å². The molecule has 2 aliphatic heterocycles. The maximum Gasteiger partial charge on any atom is 0.265 e. The number of ether oxygens (including phenoxy) is 4. The molecule has 0 radical (unpaired) electrons. The summed E-state index contributed by atoms with van der Waals surface area (Å²) in [5.74, 6) is 0.241. The second kappa shape index (κ2) is 18.5. The Labute approximate surface area is 361 Å². The van der Waals surface area contributed by atoms with Crippen LogP contribution in [0.4, 0.5) is 22.7 Å². The van der Waals surface area contributed by atoms with Gasteiger partial charge in [-0.05, 0) is 54.6 Å². The average Bonchev–Trinajstić information content (AvgIpc) is 3.30. The van der Waals surface area contributed by atoms with Gasteiger partial charge in [-0.15, -0.1) is 0 Å². The van der Waals surface area contributed by atoms with Gasteiger partial charge < -0.3 is 38.5 Å². The molecule has 2 fully saturated rings. The molecule has 0 bridgehead atoms. The van der Waals surface area contributed by atoms with Crippen LogP contribution in [0, 0.1) is 0 Å². The maximum atomic E-state index is 14.2. The zero-order chi connectivity index (χ0) is 44.0. The molecular weight excluding hydrogens is 837 g/mol. The monoisotopic (exact) mass is 884 g/mol. The molecule has 2 amide bonds. The van der Waals surface area contributed by atoms with Crippen molar-refractivity contribution in [2.45, 2.75) is 9.79 Å². The van der Waals surface area contributed by atoms with Crippen molar-refractivity contribution in [1.29, 1.82) is 0 Å². The normalized spacial score (nSPS) is 14.5. The number of nitrogens with one attached hydrogen (secondary N) is 2. The number of carbonyl (C=O) groups is 2. The van der Waals surface area contributed by atoms with E-state index in [-0.39, 0.29) is 45.8 Å². The number of methoxy groups -OCH3 is 4. The zero-order valence-electron chi connectivity index (χ0n) is 34.7. The van der Waals surface area contributed by atoms with Crippen LogP contribution in [-0.4, -0.2) is 119 Å². The maximum absolute atomic E-state index is 14.2. The van der Waals surface area contributed by atoms with E-state index < -0.39 is 29.8 Å². The van der Waals surface area contributed by atoms with Crippen LogP contribution >= 0.6 is 0 Å². The number of benzene rings is 5. The van der Waals surface area contributed by atoms with E-state index in [1.165, 1.54) is 38.5 Å². The van der Waals surface area contributed by atoms with Gasteiger partial charge in [-0.1, -0.05) is 48.5 Å². The van der Waals surface area contributed by atoms with Crippen LogP contribution in [0.3, 0.4) is 0 Å². The molecule has 0 unspecified atom stereocenters. The summed E-state index contributed by atoms with van der Waals surface area (Å²) < 4.78 is 83.9. The summed E-state index contributed by atoms with van der Waals surface area (Å²) in [5, 5.41) is 0. The number of amides is 2. The third-order valence-electron chi connectivity index (χ3n) is 10.8. The topological polar surface area (TPSA) is 176 Å². The van der Waals surface area contributed by atoms with Gasteiger partial charge >= 0.3 is 0 Å². The van der Waals surface area contributed by atoms with Gasteiger partial charge in [0.25, 0.3) is 31.9 Å². The van der Waals surface area contributed by atoms with Crippen molar-refractivity contribution in [2.24, 2.45) is 0 Å². The van der Waals surface area contributed by atoms with Crippen LogP contribution in [0.5, 0.6) is 23.0 Å². The van der Waals surface area contributed by atoms with Gasteiger partial charge in [-0.25, -0.2) is 16.8 Å². The summed E-state index contributed by atoms with van der Waals surface area (Å²) in [6.45, 7) is 3.57. The first-order valence-corrected chi connectivity index (χ1v) is 22.7. The second-order valence-electron chi connectivity index (χ2n) is 14.4. The van der Waals surface area contributed by atoms with Gasteiger partial charge in [-0.2, -0.15) is 0 Å². The fourth-order valence-electron chi connectivity index (χ4n) is 7.60. The number of piperazine rings is 2. The number of sulfonamides is 2. The Morgan fingerprint density at radius 3 is 1.16 bits per heavy atom. The van der Waals surface area contributed by atoms with Crippen molar-refractivity contribution < 1.29 is 45.4 Å². The van der Waals surface area contributed by atoms with E-state index in [1.54, 1.807) is 48.3 Å². The first-order chi connectivity index (χ1) is 29.9. The summed E-state index contributed by atoms with van der Waals surface area (Å²) in [6.07, 6.45) is 0. The molecule has 2 aliphatic rings. The molecule has 5 aromatic rings. The molecule has 0 aromatic heterocycles. The minimum Gasteiger partial charge on any atom is -0.495 e. The molecule has 2 saturated heterocycles. The summed E-state index contributed by atoms with van der Waals surface area (Å²) in [6, 6.07) is 29.7. The number of nitrogens with zero attached hydrogens (tertiary/aromatic N) is 4. The van der Waals surface area contributed by atoms with E-state index in [1.807, 2.05) is 48.5 Å². The van der Waals surface area contributed by atoms with Gasteiger partial charge in [0.1, 0.15) is 32.8 Å². The van der Waals surface area contributed by atoms with E-state index in [9.17, 15) is 26.4 Å². The molecule has 5 aromatic carbocycles. The molecular formula is C44H48N6O10S2. The Kier molecular flexibility index (Phi) is 13.0. The predicted octanol–water partition coefficient (Wildman–Crippen LogP) is 5.25. The predicted molar refractivity (Wildman–Crippen MR) is 236 cm³/mol. The van der Waals surface area contributed by atoms with E-state index in [2.05, 4.69) is 19.2 Å². The summed E-state index contributed by atoms with van der Waals surface area (Å²) in [4.78, 5) is 34.3. The first kappa shape index (κ1) is 43.4. The highest BCUT2D eigenvalue weighted by atomic mass is 32.2. The molecule has 0 spiro atoms. The van der Waals surface area contributed by atoms with E-state index in [0.29, 0.717) is 52.4 Å². The molecule has 7 rings (SSSR count). The number of anilines is 4. The van der Waals surface area contributed by atoms with Crippen LogP contribution in [0.25, 0.3) is 0 Å². The smallest absolute Gasteiger partial charge is 0.265 e. The fourth-order valence-corrected chi connectivity index (χ4v) is 10.2. The van der Waals surface area contributed by atoms with Crippen LogP contribution < -0.4 is 38.2 Å². The van der Waals surface area contributed by atoms with Gasteiger partial charge in [0.15, 0.2) is 0 Å². The highest BCUT2D eigenvalue weighted by Gasteiger charge is 2.32. The SMILES string of the molecule is COc1ccccc1N1CCN(C(=O)c2ccccc2NS(=O)(=O)c2cc(S(=O)(=O)Nc3ccccc3C(=O)N3CCN(c4ccccc4OC)CC3)c(OC)cc2OC)CC1. The van der Waals surface area contributed by atoms with Crippen LogP contribution in [0.1, 0.15) is 20.7 Å². The Morgan fingerprint density at radius 1 is 0.452 bits per heavy atom. The van der Waals surface area contributed by atoms with Gasteiger partial charge in [-0.3, -0.25) is 19.0 Å². The van der Waals surface area contributed by atoms with Crippen LogP contribution in [-0.2, 0) is 20.0 Å². The molecule has 0 atom stereocenters. The molecule has 0 saturated carbocycles. The van der Waals surface area contributed by atoms with Crippen molar-refractivity contribution in [3.8, 4) is 23.0 Å². The van der Waals surface area contributed by atoms with Crippen molar-refractivity contribution in [3.63, 3.8) is 0 Å². The van der Waals surface area contributed by atoms with Gasteiger partial charge in [0.05, 0.1) is 62.3 Å². The number of hydrogen-bond donors (Lipinski definition) is 2. The Hall–Kier alpha value is -6.66. The number of carbonyl (C=O) groups excluding carboxylic acids is 2. The first-order valence-electron chi connectivity index (χ1n) is 19.7. The highest BCUT2D eigenvalue weighted by molar-refractivity contribution is 7.93. The summed E-state index contributed by atoms with van der Waals surface area (Å²) in [7, 11) is -3.58. The van der Waals surface area contributed by atoms with E-state index in [0.717, 1.165) is 35.0 Å². The Balaban J connectivity index is 1.10. The Morgan fingerprint density at radius 2 is 0.790 bits per heavy atom. The lowest BCUT2D eigenvalue weighted by molar-refractivity contribution is 0.0740. The average molecular weight is 885 g/mol. The second-order valence-corrected chi connectivity index (χ2v) is 17.7. The minimum absolute atomic E-state index is 0.0127. The summed E-state index contributed by atoms with van der Waals surface area (Å²) >= 11 is 0. The number of para-hydroxylation sites is 6. The molecule has 0 aliphatic carbocycles. The van der Waals surface area contributed by atoms with Crippen molar-refractivity contribution in [3.05, 3.63) is 120 Å². The lowest BCUT2D eigenvalue weighted by Gasteiger charge is -2.36. The van der Waals surface area contributed by atoms with Crippen LogP contribution in [0.15, 0.2) is 119 Å². The third-order valence-corrected chi connectivity index (χ3v) is 13.6. The van der Waals surface area contributed by atoms with Crippen molar-refractivity contribution in [2.75, 3.05) is 100 Å². The molecule has 2 heterocycles. The molecule has 16 nitrogen and oxygen atoms in total. The lowest BCUT2D eigenvalue weighted by Crippen LogP contribution is -2.49. The largest absolute Gasteiger partial charge is 0.495 e. The van der Waals surface area contributed by atoms with E-state index >= 15 is 0 Å². The van der Waals surface area contributed by atoms with Crippen LogP contribution in [0.2, 0.25) is 0 Å². The standard InChI is InChI=1S/C44H48N6O10S2/c1-57-37-19-11-9-17-35(37)47-21-25-49(26-22-47)43(51)31-13-5-7-15-33(31)45-61(53,54)41-30-42(40(60-4)29-39(41)59-3)62(55,56)46-34-16-8-6-14-32(34)44(52)50-27-23-48(24-28-50)36-18-10-12-20-38(36)58-2/h5-20,29-30,45-46H,21-28H2,1-4H3. The summed E-state index contributed by atoms with van der Waals surface area (Å²) in [5.41, 5.74) is 2.00. The molecule has 326 valence electrons. The van der Waals surface area contributed by atoms with Gasteiger partial charge in [0.2, 0.25) is 0 Å². The third kappa shape index (κ3) is 9.01. The lowest BCUT2D eigenvalue weighted by atomic mass is 10.1. The fraction of sp³-hybridized carbons (Fsp3) is 0.273. The Bertz CT molecular complexity index is 2490. The zero-order valence-corrected chi connectivity index (χ0v) is 36.4. The highest BCUT2D eigenvalue weighted by Crippen LogP contribution is 2.38. The van der Waals surface area contributed by atoms with E-state index in [4.69, 9.17) is 18.9 Å². The number of rotatable bonds is 14. The quantitative estimate of drug-likeness (QED) is 0.149. The van der Waals surface area contributed by atoms with Gasteiger partial charge in [0, 0.05) is 58.4 Å².